The first-order valence-corrected chi connectivity index (χ1v) is 11.1. The number of carboxylic acid groups (broad SMARTS) is 2. The fourth-order valence-corrected chi connectivity index (χ4v) is 3.05. The Morgan fingerprint density at radius 3 is 1.85 bits per heavy atom. The molecule has 0 spiro atoms. The smallest absolute Gasteiger partial charge is 0.326 e. The van der Waals surface area contributed by atoms with Crippen LogP contribution in [0.3, 0.4) is 0 Å². The van der Waals surface area contributed by atoms with Crippen molar-refractivity contribution in [3.8, 4) is 0 Å². The molecule has 9 N–H and O–H groups in total. The predicted octanol–water partition coefficient (Wildman–Crippen LogP) is -1.31. The van der Waals surface area contributed by atoms with Gasteiger partial charge in [-0.2, -0.15) is 0 Å². The van der Waals surface area contributed by atoms with Crippen LogP contribution in [0.2, 0.25) is 0 Å². The summed E-state index contributed by atoms with van der Waals surface area (Å²) in [5.74, 6) is -6.28. The highest BCUT2D eigenvalue weighted by Gasteiger charge is 2.33. The van der Waals surface area contributed by atoms with Gasteiger partial charge in [0.1, 0.15) is 18.1 Å². The van der Waals surface area contributed by atoms with E-state index in [1.807, 2.05) is 13.8 Å². The molecule has 0 bridgehead atoms. The van der Waals surface area contributed by atoms with Gasteiger partial charge in [0.05, 0.1) is 12.5 Å². The Morgan fingerprint density at radius 1 is 0.853 bits per heavy atom. The molecule has 0 aliphatic rings. The van der Waals surface area contributed by atoms with Crippen LogP contribution in [-0.2, 0) is 28.8 Å². The summed E-state index contributed by atoms with van der Waals surface area (Å²) in [6.45, 7) is 7.28. The number of primary amides is 1. The fraction of sp³-hybridized carbons (Fsp3) is 0.714. The largest absolute Gasteiger partial charge is 0.481 e. The maximum absolute atomic E-state index is 13.0. The van der Waals surface area contributed by atoms with Crippen LogP contribution in [0, 0.1) is 11.8 Å². The molecule has 0 saturated heterocycles. The standard InChI is InChI=1S/C21H37N5O8/c1-5-11(4)17(26-18(30)12(22)8-10(2)3)20(32)24-13(6-7-16(28)29)19(31)25-14(21(33)34)9-15(23)27/h10-14,17H,5-9,22H2,1-4H3,(H2,23,27)(H,24,32)(H,25,31)(H,26,30)(H,28,29)(H,33,34). The van der Waals surface area contributed by atoms with Crippen LogP contribution >= 0.6 is 0 Å². The van der Waals surface area contributed by atoms with Crippen molar-refractivity contribution < 1.29 is 39.0 Å². The maximum Gasteiger partial charge on any atom is 0.326 e. The fourth-order valence-electron chi connectivity index (χ4n) is 3.05. The second-order valence-electron chi connectivity index (χ2n) is 8.67. The molecule has 0 fully saturated rings. The number of hydrogen-bond acceptors (Lipinski definition) is 7. The third kappa shape index (κ3) is 11.6. The summed E-state index contributed by atoms with van der Waals surface area (Å²) in [7, 11) is 0. The van der Waals surface area contributed by atoms with Crippen LogP contribution < -0.4 is 27.4 Å². The molecular weight excluding hydrogens is 450 g/mol. The molecule has 0 aromatic heterocycles. The number of rotatable bonds is 16. The number of hydrogen-bond donors (Lipinski definition) is 7. The van der Waals surface area contributed by atoms with E-state index in [9.17, 15) is 33.9 Å². The zero-order chi connectivity index (χ0) is 26.6. The normalized spacial score (nSPS) is 15.4. The number of amides is 4. The number of carbonyl (C=O) groups excluding carboxylic acids is 4. The SMILES string of the molecule is CCC(C)C(NC(=O)C(N)CC(C)C)C(=O)NC(CCC(=O)O)C(=O)NC(CC(N)=O)C(=O)O. The van der Waals surface area contributed by atoms with E-state index >= 15 is 0 Å². The van der Waals surface area contributed by atoms with Gasteiger partial charge in [-0.15, -0.1) is 0 Å². The molecule has 5 atom stereocenters. The van der Waals surface area contributed by atoms with E-state index in [0.717, 1.165) is 0 Å². The zero-order valence-electron chi connectivity index (χ0n) is 20.0. The van der Waals surface area contributed by atoms with Gasteiger partial charge >= 0.3 is 11.9 Å². The molecule has 0 saturated carbocycles. The van der Waals surface area contributed by atoms with Crippen LogP contribution in [0.1, 0.15) is 59.8 Å². The van der Waals surface area contributed by atoms with Crippen LogP contribution in [0.4, 0.5) is 0 Å². The first-order valence-electron chi connectivity index (χ1n) is 11.1. The van der Waals surface area contributed by atoms with Crippen molar-refractivity contribution in [2.45, 2.75) is 84.0 Å². The van der Waals surface area contributed by atoms with Crippen molar-refractivity contribution in [3.05, 3.63) is 0 Å². The van der Waals surface area contributed by atoms with Gasteiger partial charge in [0.2, 0.25) is 23.6 Å². The molecule has 0 rings (SSSR count). The minimum atomic E-state index is -1.66. The second-order valence-corrected chi connectivity index (χ2v) is 8.67. The topological polar surface area (TPSA) is 231 Å². The first-order chi connectivity index (χ1) is 15.7. The lowest BCUT2D eigenvalue weighted by Crippen LogP contribution is -2.58. The minimum absolute atomic E-state index is 0.142. The first kappa shape index (κ1) is 30.8. The average Bonchev–Trinajstić information content (AvgIpc) is 2.72. The molecule has 0 aliphatic carbocycles. The Morgan fingerprint density at radius 2 is 1.41 bits per heavy atom. The van der Waals surface area contributed by atoms with E-state index in [0.29, 0.717) is 12.8 Å². The van der Waals surface area contributed by atoms with Gasteiger partial charge in [-0.3, -0.25) is 24.0 Å². The Balaban J connectivity index is 5.64. The molecule has 34 heavy (non-hydrogen) atoms. The van der Waals surface area contributed by atoms with E-state index in [-0.39, 0.29) is 18.3 Å². The molecule has 5 unspecified atom stereocenters. The van der Waals surface area contributed by atoms with Crippen molar-refractivity contribution >= 4 is 35.6 Å². The van der Waals surface area contributed by atoms with E-state index < -0.39 is 72.6 Å². The van der Waals surface area contributed by atoms with E-state index in [4.69, 9.17) is 16.6 Å². The highest BCUT2D eigenvalue weighted by atomic mass is 16.4. The summed E-state index contributed by atoms with van der Waals surface area (Å²) in [4.78, 5) is 71.6. The highest BCUT2D eigenvalue weighted by Crippen LogP contribution is 2.11. The Bertz CT molecular complexity index is 757. The summed E-state index contributed by atoms with van der Waals surface area (Å²) in [5, 5.41) is 25.2. The monoisotopic (exact) mass is 487 g/mol. The lowest BCUT2D eigenvalue weighted by Gasteiger charge is -2.28. The molecule has 13 nitrogen and oxygen atoms in total. The summed E-state index contributed by atoms with van der Waals surface area (Å²) in [6.07, 6.45) is -0.681. The highest BCUT2D eigenvalue weighted by molar-refractivity contribution is 5.95. The van der Waals surface area contributed by atoms with Gasteiger partial charge in [-0.25, -0.2) is 4.79 Å². The summed E-state index contributed by atoms with van der Waals surface area (Å²) >= 11 is 0. The number of aliphatic carboxylic acids is 2. The van der Waals surface area contributed by atoms with E-state index in [1.54, 1.807) is 13.8 Å². The van der Waals surface area contributed by atoms with Gasteiger partial charge in [0.25, 0.3) is 0 Å². The number of nitrogens with two attached hydrogens (primary N) is 2. The van der Waals surface area contributed by atoms with Crippen LogP contribution in [-0.4, -0.2) is 69.9 Å². The number of carbonyl (C=O) groups is 6. The molecule has 0 aromatic rings. The van der Waals surface area contributed by atoms with Crippen molar-refractivity contribution in [1.29, 1.82) is 0 Å². The summed E-state index contributed by atoms with van der Waals surface area (Å²) in [6, 6.07) is -5.02. The zero-order valence-corrected chi connectivity index (χ0v) is 20.0. The quantitative estimate of drug-likeness (QED) is 0.137. The van der Waals surface area contributed by atoms with Crippen molar-refractivity contribution in [3.63, 3.8) is 0 Å². The Kier molecular flexibility index (Phi) is 13.4. The molecule has 0 aliphatic heterocycles. The summed E-state index contributed by atoms with van der Waals surface area (Å²) in [5.41, 5.74) is 10.9. The molecule has 0 radical (unpaired) electrons. The molecule has 0 aromatic carbocycles. The van der Waals surface area contributed by atoms with Gasteiger partial charge in [-0.1, -0.05) is 34.1 Å². The molecular formula is C21H37N5O8. The van der Waals surface area contributed by atoms with Gasteiger partial charge < -0.3 is 37.6 Å². The molecule has 0 heterocycles. The van der Waals surface area contributed by atoms with Crippen molar-refractivity contribution in [2.75, 3.05) is 0 Å². The van der Waals surface area contributed by atoms with Crippen molar-refractivity contribution in [1.82, 2.24) is 16.0 Å². The van der Waals surface area contributed by atoms with E-state index in [2.05, 4.69) is 16.0 Å². The lowest BCUT2D eigenvalue weighted by molar-refractivity contribution is -0.144. The van der Waals surface area contributed by atoms with Crippen molar-refractivity contribution in [2.24, 2.45) is 23.3 Å². The third-order valence-corrected chi connectivity index (χ3v) is 5.16. The lowest BCUT2D eigenvalue weighted by atomic mass is 9.96. The molecule has 13 heteroatoms. The van der Waals surface area contributed by atoms with Gasteiger partial charge in [0.15, 0.2) is 0 Å². The van der Waals surface area contributed by atoms with Crippen LogP contribution in [0.25, 0.3) is 0 Å². The van der Waals surface area contributed by atoms with Crippen LogP contribution in [0.5, 0.6) is 0 Å². The number of nitrogens with one attached hydrogen (secondary N) is 3. The molecule has 4 amide bonds. The maximum atomic E-state index is 13.0. The number of carboxylic acids is 2. The predicted molar refractivity (Wildman–Crippen MR) is 121 cm³/mol. The van der Waals surface area contributed by atoms with E-state index in [1.165, 1.54) is 0 Å². The average molecular weight is 488 g/mol. The Labute approximate surface area is 198 Å². The molecule has 194 valence electrons. The Hall–Kier alpha value is -3.22. The van der Waals surface area contributed by atoms with Gasteiger partial charge in [-0.05, 0) is 24.7 Å². The van der Waals surface area contributed by atoms with Crippen LogP contribution in [0.15, 0.2) is 0 Å². The van der Waals surface area contributed by atoms with Gasteiger partial charge in [0, 0.05) is 6.42 Å². The third-order valence-electron chi connectivity index (χ3n) is 5.16. The summed E-state index contributed by atoms with van der Waals surface area (Å²) < 4.78 is 0. The second kappa shape index (κ2) is 14.8. The minimum Gasteiger partial charge on any atom is -0.481 e.